The van der Waals surface area contributed by atoms with Gasteiger partial charge in [-0.2, -0.15) is 4.98 Å². The minimum atomic E-state index is -0.588. The van der Waals surface area contributed by atoms with Gasteiger partial charge in [-0.15, -0.1) is 0 Å². The van der Waals surface area contributed by atoms with Gasteiger partial charge in [-0.3, -0.25) is 10.1 Å². The van der Waals surface area contributed by atoms with Crippen LogP contribution in [0, 0.1) is 10.1 Å². The first kappa shape index (κ1) is 14.2. The van der Waals surface area contributed by atoms with Gasteiger partial charge in [-0.1, -0.05) is 46.3 Å². The molecule has 2 rings (SSSR count). The van der Waals surface area contributed by atoms with Crippen LogP contribution in [0.3, 0.4) is 0 Å². The molecule has 7 nitrogen and oxygen atoms in total. The van der Waals surface area contributed by atoms with Gasteiger partial charge in [0.05, 0.1) is 4.92 Å². The van der Waals surface area contributed by atoms with E-state index in [0.29, 0.717) is 0 Å². The van der Waals surface area contributed by atoms with Crippen molar-refractivity contribution in [2.45, 2.75) is 11.2 Å². The van der Waals surface area contributed by atoms with E-state index in [2.05, 4.69) is 25.9 Å². The molecule has 1 unspecified atom stereocenters. The first-order valence-corrected chi connectivity index (χ1v) is 6.66. The standard InChI is InChI=1S/C12H12BrN5O2/c13-8(7-4-2-1-3-5-7)6-9-10(18(19)20)11(14)17-12(15)16-9/h1-5,8H,6H2,(H4,14,15,16,17). The van der Waals surface area contributed by atoms with Gasteiger partial charge in [0.15, 0.2) is 0 Å². The van der Waals surface area contributed by atoms with Crippen molar-refractivity contribution in [1.29, 1.82) is 0 Å². The fraction of sp³-hybridized carbons (Fsp3) is 0.167. The number of hydrogen-bond acceptors (Lipinski definition) is 6. The maximum absolute atomic E-state index is 11.1. The highest BCUT2D eigenvalue weighted by Crippen LogP contribution is 2.32. The predicted octanol–water partition coefficient (Wildman–Crippen LogP) is 2.23. The Balaban J connectivity index is 2.36. The maximum atomic E-state index is 11.1. The Kier molecular flexibility index (Phi) is 4.14. The largest absolute Gasteiger partial charge is 0.378 e. The zero-order valence-corrected chi connectivity index (χ0v) is 11.9. The van der Waals surface area contributed by atoms with Crippen molar-refractivity contribution in [3.8, 4) is 0 Å². The van der Waals surface area contributed by atoms with E-state index >= 15 is 0 Å². The van der Waals surface area contributed by atoms with E-state index in [1.165, 1.54) is 0 Å². The fourth-order valence-electron chi connectivity index (χ4n) is 1.83. The molecule has 8 heteroatoms. The summed E-state index contributed by atoms with van der Waals surface area (Å²) in [5, 5.41) is 11.1. The molecule has 0 fully saturated rings. The van der Waals surface area contributed by atoms with Gasteiger partial charge in [0.1, 0.15) is 5.69 Å². The average Bonchev–Trinajstić information content (AvgIpc) is 2.38. The van der Waals surface area contributed by atoms with Crippen molar-refractivity contribution in [2.75, 3.05) is 11.5 Å². The third-order valence-corrected chi connectivity index (χ3v) is 3.57. The molecule has 0 saturated heterocycles. The van der Waals surface area contributed by atoms with Crippen LogP contribution in [0.25, 0.3) is 0 Å². The number of nitro groups is 1. The predicted molar refractivity (Wildman–Crippen MR) is 79.3 cm³/mol. The molecule has 0 radical (unpaired) electrons. The molecule has 4 N–H and O–H groups in total. The normalized spacial score (nSPS) is 12.1. The molecule has 2 aromatic rings. The number of nitrogen functional groups attached to an aromatic ring is 2. The summed E-state index contributed by atoms with van der Waals surface area (Å²) in [6.07, 6.45) is 0.289. The first-order chi connectivity index (χ1) is 9.49. The van der Waals surface area contributed by atoms with Gasteiger partial charge < -0.3 is 11.5 Å². The Morgan fingerprint density at radius 2 is 1.90 bits per heavy atom. The van der Waals surface area contributed by atoms with Gasteiger partial charge in [0.25, 0.3) is 0 Å². The second-order valence-electron chi connectivity index (χ2n) is 4.10. The number of halogens is 1. The molecule has 1 heterocycles. The second-order valence-corrected chi connectivity index (χ2v) is 5.21. The number of alkyl halides is 1. The molecular formula is C12H12BrN5O2. The molecule has 1 aromatic carbocycles. The maximum Gasteiger partial charge on any atom is 0.332 e. The summed E-state index contributed by atoms with van der Waals surface area (Å²) in [7, 11) is 0. The van der Waals surface area contributed by atoms with Gasteiger partial charge in [-0.25, -0.2) is 4.98 Å². The molecule has 104 valence electrons. The van der Waals surface area contributed by atoms with Crippen LogP contribution in [0.15, 0.2) is 30.3 Å². The van der Waals surface area contributed by atoms with E-state index in [-0.39, 0.29) is 34.4 Å². The summed E-state index contributed by atoms with van der Waals surface area (Å²) in [5.74, 6) is -0.291. The molecule has 0 aliphatic rings. The Morgan fingerprint density at radius 3 is 2.50 bits per heavy atom. The minimum absolute atomic E-state index is 0.0733. The zero-order chi connectivity index (χ0) is 14.7. The van der Waals surface area contributed by atoms with Crippen LogP contribution in [0.4, 0.5) is 17.5 Å². The van der Waals surface area contributed by atoms with Crippen molar-refractivity contribution < 1.29 is 4.92 Å². The van der Waals surface area contributed by atoms with E-state index in [1.54, 1.807) is 0 Å². The molecule has 0 aliphatic carbocycles. The molecule has 20 heavy (non-hydrogen) atoms. The summed E-state index contributed by atoms with van der Waals surface area (Å²) in [6, 6.07) is 9.51. The van der Waals surface area contributed by atoms with Crippen LogP contribution < -0.4 is 11.5 Å². The summed E-state index contributed by atoms with van der Waals surface area (Å²) < 4.78 is 0. The number of aromatic nitrogens is 2. The highest BCUT2D eigenvalue weighted by Gasteiger charge is 2.24. The van der Waals surface area contributed by atoms with E-state index in [0.717, 1.165) is 5.56 Å². The third kappa shape index (κ3) is 3.02. The smallest absolute Gasteiger partial charge is 0.332 e. The van der Waals surface area contributed by atoms with E-state index in [1.807, 2.05) is 30.3 Å². The van der Waals surface area contributed by atoms with Crippen LogP contribution in [0.2, 0.25) is 0 Å². The molecule has 0 bridgehead atoms. The number of nitrogens with two attached hydrogens (primary N) is 2. The fourth-order valence-corrected chi connectivity index (χ4v) is 2.44. The van der Waals surface area contributed by atoms with Gasteiger partial charge in [0, 0.05) is 11.2 Å². The van der Waals surface area contributed by atoms with Crippen molar-refractivity contribution in [2.24, 2.45) is 0 Å². The van der Waals surface area contributed by atoms with Crippen LogP contribution in [-0.4, -0.2) is 14.9 Å². The summed E-state index contributed by atoms with van der Waals surface area (Å²) in [5.41, 5.74) is 12.0. The van der Waals surface area contributed by atoms with Crippen LogP contribution in [0.5, 0.6) is 0 Å². The molecule has 0 saturated carbocycles. The van der Waals surface area contributed by atoms with E-state index in [4.69, 9.17) is 11.5 Å². The summed E-state index contributed by atoms with van der Waals surface area (Å²) in [4.78, 5) is 17.9. The Morgan fingerprint density at radius 1 is 1.25 bits per heavy atom. The SMILES string of the molecule is Nc1nc(N)c([N+](=O)[O-])c(CC(Br)c2ccccc2)n1. The molecule has 1 aromatic heterocycles. The molecule has 0 amide bonds. The Hall–Kier alpha value is -2.22. The van der Waals surface area contributed by atoms with Crippen molar-refractivity contribution in [3.63, 3.8) is 0 Å². The van der Waals surface area contributed by atoms with Crippen LogP contribution >= 0.6 is 15.9 Å². The lowest BCUT2D eigenvalue weighted by Crippen LogP contribution is -2.10. The number of benzene rings is 1. The zero-order valence-electron chi connectivity index (χ0n) is 10.4. The van der Waals surface area contributed by atoms with Crippen molar-refractivity contribution >= 4 is 33.4 Å². The van der Waals surface area contributed by atoms with Gasteiger partial charge in [-0.05, 0) is 5.56 Å². The number of anilines is 2. The number of hydrogen-bond donors (Lipinski definition) is 2. The van der Waals surface area contributed by atoms with E-state index < -0.39 is 4.92 Å². The molecular weight excluding hydrogens is 326 g/mol. The lowest BCUT2D eigenvalue weighted by molar-refractivity contribution is -0.385. The molecule has 1 atom stereocenters. The minimum Gasteiger partial charge on any atom is -0.378 e. The van der Waals surface area contributed by atoms with Crippen LogP contribution in [0.1, 0.15) is 16.1 Å². The van der Waals surface area contributed by atoms with Crippen LogP contribution in [-0.2, 0) is 6.42 Å². The number of rotatable bonds is 4. The van der Waals surface area contributed by atoms with Crippen molar-refractivity contribution in [1.82, 2.24) is 9.97 Å². The first-order valence-electron chi connectivity index (χ1n) is 5.74. The lowest BCUT2D eigenvalue weighted by Gasteiger charge is -2.10. The number of nitrogens with zero attached hydrogens (tertiary/aromatic N) is 3. The highest BCUT2D eigenvalue weighted by molar-refractivity contribution is 9.09. The second kappa shape index (κ2) is 5.83. The van der Waals surface area contributed by atoms with Gasteiger partial charge in [0.2, 0.25) is 11.8 Å². The lowest BCUT2D eigenvalue weighted by atomic mass is 10.1. The topological polar surface area (TPSA) is 121 Å². The Bertz CT molecular complexity index is 635. The van der Waals surface area contributed by atoms with Gasteiger partial charge >= 0.3 is 5.69 Å². The Labute approximate surface area is 123 Å². The quantitative estimate of drug-likeness (QED) is 0.501. The third-order valence-electron chi connectivity index (χ3n) is 2.72. The summed E-state index contributed by atoms with van der Waals surface area (Å²) >= 11 is 3.49. The highest BCUT2D eigenvalue weighted by atomic mass is 79.9. The molecule has 0 spiro atoms. The average molecular weight is 338 g/mol. The summed E-state index contributed by atoms with van der Waals surface area (Å²) in [6.45, 7) is 0. The van der Waals surface area contributed by atoms with E-state index in [9.17, 15) is 10.1 Å². The monoisotopic (exact) mass is 337 g/mol. The van der Waals surface area contributed by atoms with Crippen molar-refractivity contribution in [3.05, 3.63) is 51.7 Å². The molecule has 0 aliphatic heterocycles.